The predicted octanol–water partition coefficient (Wildman–Crippen LogP) is 3.48. The maximum absolute atomic E-state index is 11.4. The number of nitriles is 1. The van der Waals surface area contributed by atoms with E-state index in [1.165, 1.54) is 7.11 Å². The van der Waals surface area contributed by atoms with Crippen LogP contribution in [0, 0.1) is 11.3 Å². The van der Waals surface area contributed by atoms with E-state index in [0.29, 0.717) is 16.9 Å². The van der Waals surface area contributed by atoms with Crippen LogP contribution in [-0.4, -0.2) is 28.2 Å². The van der Waals surface area contributed by atoms with Gasteiger partial charge in [0.05, 0.1) is 41.5 Å². The molecule has 4 aromatic rings. The number of aldehydes is 1. The molecule has 4 rings (SSSR count). The van der Waals surface area contributed by atoms with Gasteiger partial charge in [-0.2, -0.15) is 10.4 Å². The summed E-state index contributed by atoms with van der Waals surface area (Å²) < 4.78 is 7.04. The SMILES string of the molecule is COc1cc2ncc3c(c(-c4ccc(C#N)cc4)nn3C)c2cc1C=O. The van der Waals surface area contributed by atoms with E-state index in [0.717, 1.165) is 39.3 Å². The molecule has 0 radical (unpaired) electrons. The molecule has 0 saturated heterocycles. The maximum Gasteiger partial charge on any atom is 0.153 e. The van der Waals surface area contributed by atoms with E-state index in [4.69, 9.17) is 10.00 Å². The summed E-state index contributed by atoms with van der Waals surface area (Å²) in [5.74, 6) is 0.489. The molecule has 0 aliphatic carbocycles. The minimum Gasteiger partial charge on any atom is -0.496 e. The first-order chi connectivity index (χ1) is 12.7. The molecule has 0 unspecified atom stereocenters. The summed E-state index contributed by atoms with van der Waals surface area (Å²) in [4.78, 5) is 15.9. The lowest BCUT2D eigenvalue weighted by molar-refractivity contribution is 0.112. The second kappa shape index (κ2) is 5.97. The van der Waals surface area contributed by atoms with E-state index in [1.54, 1.807) is 35.1 Å². The Morgan fingerprint density at radius 3 is 2.65 bits per heavy atom. The van der Waals surface area contributed by atoms with Crippen LogP contribution in [0.5, 0.6) is 5.75 Å². The van der Waals surface area contributed by atoms with Crippen LogP contribution in [0.3, 0.4) is 0 Å². The van der Waals surface area contributed by atoms with Crippen molar-refractivity contribution in [2.75, 3.05) is 7.11 Å². The van der Waals surface area contributed by atoms with Gasteiger partial charge in [0.2, 0.25) is 0 Å². The molecule has 26 heavy (non-hydrogen) atoms. The zero-order valence-electron chi connectivity index (χ0n) is 14.2. The quantitative estimate of drug-likeness (QED) is 0.532. The third-order valence-electron chi connectivity index (χ3n) is 4.45. The van der Waals surface area contributed by atoms with Crippen LogP contribution in [0.25, 0.3) is 33.1 Å². The Kier molecular flexibility index (Phi) is 3.63. The summed E-state index contributed by atoms with van der Waals surface area (Å²) in [5, 5.41) is 15.4. The number of methoxy groups -OCH3 is 1. The van der Waals surface area contributed by atoms with Gasteiger partial charge in [0.15, 0.2) is 6.29 Å². The number of hydrogen-bond donors (Lipinski definition) is 0. The van der Waals surface area contributed by atoms with Crippen molar-refractivity contribution in [1.29, 1.82) is 5.26 Å². The number of rotatable bonds is 3. The standard InChI is InChI=1S/C20H14N4O2/c1-24-17-10-22-16-8-18(26-2)14(11-25)7-15(16)19(17)20(23-24)13-5-3-12(9-21)4-6-13/h3-8,10-11H,1-2H3. The van der Waals surface area contributed by atoms with Crippen LogP contribution in [0.2, 0.25) is 0 Å². The monoisotopic (exact) mass is 342 g/mol. The van der Waals surface area contributed by atoms with Crippen LogP contribution in [0.15, 0.2) is 42.6 Å². The highest BCUT2D eigenvalue weighted by atomic mass is 16.5. The Hall–Kier alpha value is -3.72. The van der Waals surface area contributed by atoms with Crippen molar-refractivity contribution in [3.05, 3.63) is 53.7 Å². The molecule has 0 atom stereocenters. The van der Waals surface area contributed by atoms with Crippen LogP contribution < -0.4 is 4.74 Å². The Morgan fingerprint density at radius 1 is 1.23 bits per heavy atom. The Labute approximate surface area is 149 Å². The topological polar surface area (TPSA) is 80.8 Å². The van der Waals surface area contributed by atoms with Gasteiger partial charge >= 0.3 is 0 Å². The molecular weight excluding hydrogens is 328 g/mol. The van der Waals surface area contributed by atoms with E-state index in [-0.39, 0.29) is 0 Å². The number of aromatic nitrogens is 3. The summed E-state index contributed by atoms with van der Waals surface area (Å²) >= 11 is 0. The number of fused-ring (bicyclic) bond motifs is 3. The van der Waals surface area contributed by atoms with Crippen molar-refractivity contribution in [2.24, 2.45) is 7.05 Å². The van der Waals surface area contributed by atoms with Crippen molar-refractivity contribution in [3.63, 3.8) is 0 Å². The molecular formula is C20H14N4O2. The lowest BCUT2D eigenvalue weighted by atomic mass is 10.0. The van der Waals surface area contributed by atoms with Gasteiger partial charge in [-0.05, 0) is 18.2 Å². The average Bonchev–Trinajstić information content (AvgIpc) is 3.03. The Bertz CT molecular complexity index is 1200. The Balaban J connectivity index is 2.08. The smallest absolute Gasteiger partial charge is 0.153 e. The number of carbonyl (C=O) groups is 1. The van der Waals surface area contributed by atoms with Crippen LogP contribution in [0.4, 0.5) is 0 Å². The molecule has 0 fully saturated rings. The number of carbonyl (C=O) groups excluding carboxylic acids is 1. The van der Waals surface area contributed by atoms with Gasteiger partial charge in [0.1, 0.15) is 11.4 Å². The van der Waals surface area contributed by atoms with Crippen molar-refractivity contribution in [3.8, 4) is 23.1 Å². The third kappa shape index (κ3) is 2.30. The van der Waals surface area contributed by atoms with Gasteiger partial charge in [0.25, 0.3) is 0 Å². The molecule has 0 aliphatic heterocycles. The molecule has 0 aliphatic rings. The molecule has 0 spiro atoms. The van der Waals surface area contributed by atoms with Crippen LogP contribution >= 0.6 is 0 Å². The number of aryl methyl sites for hydroxylation is 1. The van der Waals surface area contributed by atoms with Crippen molar-refractivity contribution in [1.82, 2.24) is 14.8 Å². The molecule has 2 aromatic carbocycles. The fraction of sp³-hybridized carbons (Fsp3) is 0.100. The number of ether oxygens (including phenoxy) is 1. The van der Waals surface area contributed by atoms with E-state index in [2.05, 4.69) is 16.2 Å². The average molecular weight is 342 g/mol. The van der Waals surface area contributed by atoms with Crippen molar-refractivity contribution in [2.45, 2.75) is 0 Å². The van der Waals surface area contributed by atoms with E-state index >= 15 is 0 Å². The van der Waals surface area contributed by atoms with Gasteiger partial charge in [-0.1, -0.05) is 12.1 Å². The zero-order chi connectivity index (χ0) is 18.3. The second-order valence-corrected chi connectivity index (χ2v) is 5.91. The lowest BCUT2D eigenvalue weighted by Gasteiger charge is -2.07. The van der Waals surface area contributed by atoms with Crippen molar-refractivity contribution >= 4 is 28.1 Å². The molecule has 2 heterocycles. The highest BCUT2D eigenvalue weighted by Crippen LogP contribution is 2.35. The minimum atomic E-state index is 0.462. The number of pyridine rings is 1. The van der Waals surface area contributed by atoms with E-state index in [9.17, 15) is 4.79 Å². The zero-order valence-corrected chi connectivity index (χ0v) is 14.2. The summed E-state index contributed by atoms with van der Waals surface area (Å²) in [5.41, 5.74) is 4.31. The van der Waals surface area contributed by atoms with E-state index in [1.807, 2.05) is 19.2 Å². The van der Waals surface area contributed by atoms with Gasteiger partial charge in [-0.3, -0.25) is 14.5 Å². The van der Waals surface area contributed by atoms with Gasteiger partial charge in [0, 0.05) is 29.4 Å². The lowest BCUT2D eigenvalue weighted by Crippen LogP contribution is -1.93. The van der Waals surface area contributed by atoms with Crippen LogP contribution in [-0.2, 0) is 7.05 Å². The molecule has 0 N–H and O–H groups in total. The van der Waals surface area contributed by atoms with Gasteiger partial charge in [-0.15, -0.1) is 0 Å². The first-order valence-electron chi connectivity index (χ1n) is 7.95. The fourth-order valence-corrected chi connectivity index (χ4v) is 3.15. The molecule has 2 aromatic heterocycles. The van der Waals surface area contributed by atoms with Crippen molar-refractivity contribution < 1.29 is 9.53 Å². The fourth-order valence-electron chi connectivity index (χ4n) is 3.15. The summed E-state index contributed by atoms with van der Waals surface area (Å²) in [6.45, 7) is 0. The summed E-state index contributed by atoms with van der Waals surface area (Å²) in [7, 11) is 3.38. The molecule has 126 valence electrons. The summed E-state index contributed by atoms with van der Waals surface area (Å²) in [6.07, 6.45) is 2.53. The minimum absolute atomic E-state index is 0.462. The third-order valence-corrected chi connectivity index (χ3v) is 4.45. The molecule has 6 nitrogen and oxygen atoms in total. The number of hydrogen-bond acceptors (Lipinski definition) is 5. The largest absolute Gasteiger partial charge is 0.496 e. The molecule has 0 bridgehead atoms. The Morgan fingerprint density at radius 2 is 2.00 bits per heavy atom. The van der Waals surface area contributed by atoms with Gasteiger partial charge in [-0.25, -0.2) is 0 Å². The molecule has 0 saturated carbocycles. The highest BCUT2D eigenvalue weighted by molar-refractivity contribution is 6.12. The molecule has 0 amide bonds. The maximum atomic E-state index is 11.4. The number of nitrogens with zero attached hydrogens (tertiary/aromatic N) is 4. The van der Waals surface area contributed by atoms with Gasteiger partial charge < -0.3 is 4.74 Å². The number of benzene rings is 2. The predicted molar refractivity (Wildman–Crippen MR) is 98.1 cm³/mol. The highest BCUT2D eigenvalue weighted by Gasteiger charge is 2.16. The first-order valence-corrected chi connectivity index (χ1v) is 7.95. The molecule has 6 heteroatoms. The second-order valence-electron chi connectivity index (χ2n) is 5.91. The summed E-state index contributed by atoms with van der Waals surface area (Å²) in [6, 6.07) is 12.9. The first kappa shape index (κ1) is 15.8. The normalized spacial score (nSPS) is 10.8. The van der Waals surface area contributed by atoms with Crippen LogP contribution in [0.1, 0.15) is 15.9 Å². The van der Waals surface area contributed by atoms with E-state index < -0.39 is 0 Å².